The predicted octanol–water partition coefficient (Wildman–Crippen LogP) is 5.80. The molecule has 0 heterocycles. The van der Waals surface area contributed by atoms with Crippen LogP contribution in [0.2, 0.25) is 0 Å². The smallest absolute Gasteiger partial charge is 0.266 e. The molecule has 0 saturated carbocycles. The SMILES string of the molecule is CCOc1cc(C=C(C#N)C(=O)Nc2cccc(SC)c2)ccc1OCc1ccccc1C#N. The Kier molecular flexibility index (Phi) is 8.73. The molecule has 6 nitrogen and oxygen atoms in total. The number of ether oxygens (including phenoxy) is 2. The summed E-state index contributed by atoms with van der Waals surface area (Å²) < 4.78 is 11.6. The minimum atomic E-state index is -0.493. The molecular formula is C27H23N3O3S. The number of rotatable bonds is 9. The molecule has 0 aliphatic carbocycles. The number of carbonyl (C=O) groups is 1. The first-order valence-electron chi connectivity index (χ1n) is 10.5. The minimum Gasteiger partial charge on any atom is -0.490 e. The van der Waals surface area contributed by atoms with Crippen LogP contribution in [0.25, 0.3) is 6.08 Å². The van der Waals surface area contributed by atoms with Crippen molar-refractivity contribution in [3.63, 3.8) is 0 Å². The number of amides is 1. The van der Waals surface area contributed by atoms with Crippen LogP contribution in [0, 0.1) is 22.7 Å². The van der Waals surface area contributed by atoms with Gasteiger partial charge in [-0.05, 0) is 61.2 Å². The summed E-state index contributed by atoms with van der Waals surface area (Å²) in [6.07, 6.45) is 3.46. The maximum atomic E-state index is 12.7. The molecule has 1 amide bonds. The lowest BCUT2D eigenvalue weighted by Crippen LogP contribution is -2.13. The van der Waals surface area contributed by atoms with Crippen LogP contribution in [0.3, 0.4) is 0 Å². The van der Waals surface area contributed by atoms with E-state index in [0.717, 1.165) is 10.5 Å². The molecule has 0 fully saturated rings. The lowest BCUT2D eigenvalue weighted by Gasteiger charge is -2.13. The van der Waals surface area contributed by atoms with Gasteiger partial charge in [-0.1, -0.05) is 30.3 Å². The quantitative estimate of drug-likeness (QED) is 0.242. The van der Waals surface area contributed by atoms with Crippen LogP contribution in [0.15, 0.2) is 77.2 Å². The Balaban J connectivity index is 1.80. The Bertz CT molecular complexity index is 1290. The summed E-state index contributed by atoms with van der Waals surface area (Å²) in [5.74, 6) is 0.492. The largest absolute Gasteiger partial charge is 0.490 e. The normalized spacial score (nSPS) is 10.6. The van der Waals surface area contributed by atoms with E-state index in [1.165, 1.54) is 6.08 Å². The van der Waals surface area contributed by atoms with Crippen LogP contribution >= 0.6 is 11.8 Å². The summed E-state index contributed by atoms with van der Waals surface area (Å²) in [6.45, 7) is 2.48. The lowest BCUT2D eigenvalue weighted by molar-refractivity contribution is -0.112. The number of anilines is 1. The van der Waals surface area contributed by atoms with Crippen molar-refractivity contribution in [1.82, 2.24) is 0 Å². The summed E-state index contributed by atoms with van der Waals surface area (Å²) in [5, 5.41) is 21.6. The highest BCUT2D eigenvalue weighted by atomic mass is 32.2. The monoisotopic (exact) mass is 469 g/mol. The average molecular weight is 470 g/mol. The van der Waals surface area contributed by atoms with E-state index < -0.39 is 5.91 Å². The summed E-state index contributed by atoms with van der Waals surface area (Å²) in [7, 11) is 0. The van der Waals surface area contributed by atoms with Gasteiger partial charge in [0.2, 0.25) is 0 Å². The van der Waals surface area contributed by atoms with Crippen molar-refractivity contribution in [3.8, 4) is 23.6 Å². The molecule has 7 heteroatoms. The van der Waals surface area contributed by atoms with Crippen LogP contribution in [0.4, 0.5) is 5.69 Å². The molecule has 3 aromatic carbocycles. The third kappa shape index (κ3) is 6.41. The Morgan fingerprint density at radius 1 is 1.03 bits per heavy atom. The van der Waals surface area contributed by atoms with Crippen molar-refractivity contribution in [3.05, 3.63) is 89.0 Å². The van der Waals surface area contributed by atoms with Gasteiger partial charge in [-0.3, -0.25) is 4.79 Å². The molecule has 0 spiro atoms. The number of hydrogen-bond donors (Lipinski definition) is 1. The van der Waals surface area contributed by atoms with Crippen molar-refractivity contribution in [2.75, 3.05) is 18.2 Å². The van der Waals surface area contributed by atoms with Gasteiger partial charge in [0.25, 0.3) is 5.91 Å². The van der Waals surface area contributed by atoms with Gasteiger partial charge in [0, 0.05) is 16.1 Å². The highest BCUT2D eigenvalue weighted by Crippen LogP contribution is 2.30. The second kappa shape index (κ2) is 12.2. The topological polar surface area (TPSA) is 95.1 Å². The third-order valence-electron chi connectivity index (χ3n) is 4.79. The zero-order chi connectivity index (χ0) is 24.3. The van der Waals surface area contributed by atoms with Crippen molar-refractivity contribution in [2.45, 2.75) is 18.4 Å². The molecule has 1 N–H and O–H groups in total. The molecule has 3 aromatic rings. The van der Waals surface area contributed by atoms with E-state index in [-0.39, 0.29) is 12.2 Å². The van der Waals surface area contributed by atoms with Gasteiger partial charge in [0.15, 0.2) is 11.5 Å². The van der Waals surface area contributed by atoms with Crippen LogP contribution in [-0.2, 0) is 11.4 Å². The Labute approximate surface area is 203 Å². The van der Waals surface area contributed by atoms with E-state index in [9.17, 15) is 15.3 Å². The van der Waals surface area contributed by atoms with Gasteiger partial charge in [-0.15, -0.1) is 11.8 Å². The zero-order valence-corrected chi connectivity index (χ0v) is 19.7. The Morgan fingerprint density at radius 3 is 2.59 bits per heavy atom. The van der Waals surface area contributed by atoms with E-state index in [1.807, 2.05) is 49.6 Å². The number of hydrogen-bond acceptors (Lipinski definition) is 6. The number of carbonyl (C=O) groups excluding carboxylic acids is 1. The highest BCUT2D eigenvalue weighted by Gasteiger charge is 2.12. The van der Waals surface area contributed by atoms with Crippen LogP contribution in [0.5, 0.6) is 11.5 Å². The second-order valence-corrected chi connectivity index (χ2v) is 7.93. The van der Waals surface area contributed by atoms with Crippen molar-refractivity contribution in [1.29, 1.82) is 10.5 Å². The summed E-state index contributed by atoms with van der Waals surface area (Å²) in [6, 6.07) is 23.9. The Hall–Kier alpha value is -4.20. The van der Waals surface area contributed by atoms with Gasteiger partial charge in [0.1, 0.15) is 18.2 Å². The number of thioether (sulfide) groups is 1. The summed E-state index contributed by atoms with van der Waals surface area (Å²) >= 11 is 1.57. The first-order chi connectivity index (χ1) is 16.6. The maximum Gasteiger partial charge on any atom is 0.266 e. The molecule has 34 heavy (non-hydrogen) atoms. The fourth-order valence-corrected chi connectivity index (χ4v) is 3.59. The zero-order valence-electron chi connectivity index (χ0n) is 18.9. The number of nitriles is 2. The van der Waals surface area contributed by atoms with Gasteiger partial charge >= 0.3 is 0 Å². The molecule has 0 atom stereocenters. The van der Waals surface area contributed by atoms with E-state index in [2.05, 4.69) is 11.4 Å². The molecule has 0 aliphatic rings. The number of benzene rings is 3. The maximum absolute atomic E-state index is 12.7. The van der Waals surface area contributed by atoms with Gasteiger partial charge in [-0.2, -0.15) is 10.5 Å². The predicted molar refractivity (Wildman–Crippen MR) is 134 cm³/mol. The molecular weight excluding hydrogens is 446 g/mol. The van der Waals surface area contributed by atoms with Crippen LogP contribution in [0.1, 0.15) is 23.6 Å². The van der Waals surface area contributed by atoms with Crippen molar-refractivity contribution < 1.29 is 14.3 Å². The minimum absolute atomic E-state index is 0.0337. The Morgan fingerprint density at radius 2 is 1.85 bits per heavy atom. The van der Waals surface area contributed by atoms with E-state index >= 15 is 0 Å². The summed E-state index contributed by atoms with van der Waals surface area (Å²) in [4.78, 5) is 13.7. The fraction of sp³-hybridized carbons (Fsp3) is 0.148. The molecule has 0 aromatic heterocycles. The molecule has 0 radical (unpaired) electrons. The average Bonchev–Trinajstić information content (AvgIpc) is 2.87. The number of nitrogens with zero attached hydrogens (tertiary/aromatic N) is 2. The van der Waals surface area contributed by atoms with Crippen LogP contribution < -0.4 is 14.8 Å². The third-order valence-corrected chi connectivity index (χ3v) is 5.52. The van der Waals surface area contributed by atoms with E-state index in [1.54, 1.807) is 48.2 Å². The number of nitrogens with one attached hydrogen (secondary N) is 1. The molecule has 0 saturated heterocycles. The standard InChI is InChI=1S/C27H23N3O3S/c1-3-32-26-14-19(11-12-25(26)33-18-21-8-5-4-7-20(21)16-28)13-22(17-29)27(31)30-23-9-6-10-24(15-23)34-2/h4-15H,3,18H2,1-2H3,(H,30,31). The molecule has 0 bridgehead atoms. The summed E-state index contributed by atoms with van der Waals surface area (Å²) in [5.41, 5.74) is 2.53. The van der Waals surface area contributed by atoms with Crippen molar-refractivity contribution in [2.24, 2.45) is 0 Å². The second-order valence-electron chi connectivity index (χ2n) is 7.05. The molecule has 0 aliphatic heterocycles. The van der Waals surface area contributed by atoms with Crippen molar-refractivity contribution >= 4 is 29.4 Å². The fourth-order valence-electron chi connectivity index (χ4n) is 3.13. The van der Waals surface area contributed by atoms with Gasteiger partial charge < -0.3 is 14.8 Å². The lowest BCUT2D eigenvalue weighted by atomic mass is 10.1. The van der Waals surface area contributed by atoms with E-state index in [4.69, 9.17) is 9.47 Å². The van der Waals surface area contributed by atoms with Gasteiger partial charge in [0.05, 0.1) is 18.2 Å². The highest BCUT2D eigenvalue weighted by molar-refractivity contribution is 7.98. The van der Waals surface area contributed by atoms with E-state index in [0.29, 0.717) is 34.9 Å². The van der Waals surface area contributed by atoms with Gasteiger partial charge in [-0.25, -0.2) is 0 Å². The first kappa shape index (κ1) is 24.4. The molecule has 3 rings (SSSR count). The first-order valence-corrected chi connectivity index (χ1v) is 11.7. The molecule has 170 valence electrons. The van der Waals surface area contributed by atoms with Crippen LogP contribution in [-0.4, -0.2) is 18.8 Å². The molecule has 0 unspecified atom stereocenters.